The van der Waals surface area contributed by atoms with Crippen molar-refractivity contribution in [1.82, 2.24) is 0 Å². The largest absolute Gasteiger partial charge is 0.481 e. The first-order chi connectivity index (χ1) is 24.2. The minimum absolute atomic E-state index is 0.0213. The summed E-state index contributed by atoms with van der Waals surface area (Å²) < 4.78 is 20.7. The highest BCUT2D eigenvalue weighted by Gasteiger charge is 2.66. The minimum atomic E-state index is -0.683. The van der Waals surface area contributed by atoms with Gasteiger partial charge in [-0.15, -0.1) is 0 Å². The molecule has 4 aliphatic rings. The molecule has 0 aliphatic heterocycles. The highest BCUT2D eigenvalue weighted by Crippen LogP contribution is 2.69. The predicted octanol–water partition coefficient (Wildman–Crippen LogP) is 6.77. The maximum atomic E-state index is 11.6. The normalized spacial score (nSPS) is 35.7. The van der Waals surface area contributed by atoms with Crippen LogP contribution in [0.15, 0.2) is 0 Å². The number of carboxylic acids is 1. The third-order valence-corrected chi connectivity index (χ3v) is 16.7. The molecule has 0 bridgehead atoms. The molecule has 0 heterocycles. The van der Waals surface area contributed by atoms with E-state index in [2.05, 4.69) is 20.8 Å². The maximum Gasteiger partial charge on any atom is 0.303 e. The molecule has 292 valence electrons. The van der Waals surface area contributed by atoms with Crippen LogP contribution < -0.4 is 17.2 Å². The van der Waals surface area contributed by atoms with Crippen LogP contribution in [0.5, 0.6) is 0 Å². The first kappa shape index (κ1) is 43.0. The Morgan fingerprint density at radius 1 is 0.780 bits per heavy atom. The molecule has 4 fully saturated rings. The molecule has 0 aromatic heterocycles. The molecule has 4 aliphatic carbocycles. The Bertz CT molecular complexity index is 985. The van der Waals surface area contributed by atoms with Gasteiger partial charge in [0, 0.05) is 68.5 Å². The number of ether oxygens (including phenoxy) is 3. The molecule has 11 atom stereocenters. The molecule has 8 nitrogen and oxygen atoms in total. The topological polar surface area (TPSA) is 143 Å². The molecule has 6 unspecified atom stereocenters. The van der Waals surface area contributed by atoms with Gasteiger partial charge in [-0.2, -0.15) is 35.3 Å². The van der Waals surface area contributed by atoms with Crippen LogP contribution in [-0.2, 0) is 19.0 Å². The highest BCUT2D eigenvalue weighted by atomic mass is 32.2. The van der Waals surface area contributed by atoms with Crippen molar-refractivity contribution in [3.05, 3.63) is 0 Å². The van der Waals surface area contributed by atoms with Crippen LogP contribution in [0, 0.1) is 46.3 Å². The summed E-state index contributed by atoms with van der Waals surface area (Å²) in [5, 5.41) is 9.57. The molecule has 7 N–H and O–H groups in total. The van der Waals surface area contributed by atoms with Crippen LogP contribution in [0.4, 0.5) is 0 Å². The van der Waals surface area contributed by atoms with E-state index in [4.69, 9.17) is 31.4 Å². The summed E-state index contributed by atoms with van der Waals surface area (Å²) in [5.41, 5.74) is 17.5. The van der Waals surface area contributed by atoms with Crippen LogP contribution in [0.2, 0.25) is 0 Å². The van der Waals surface area contributed by atoms with Crippen LogP contribution in [0.25, 0.3) is 0 Å². The minimum Gasteiger partial charge on any atom is -0.481 e. The first-order valence-corrected chi connectivity index (χ1v) is 23.6. The monoisotopic (exact) mass is 759 g/mol. The standard InChI is InChI=1S/C39H73N3O5S3/c1-28(7-10-36(43)44)31-8-9-32-37-33(27-35(39(31,32)3)47-18-6-21-50-24-15-42)38(2)12-11-30(45-16-4-19-48-22-13-40)25-29(38)26-34(37)46-17-5-20-49-23-14-41/h28-35,37H,4-27,40-42H2,1-3H3,(H,43,44)/t28?,29?,30-,31?,32?,33?,34-,35+,37?,38+,39-/m1/s1. The summed E-state index contributed by atoms with van der Waals surface area (Å²) >= 11 is 5.80. The SMILES string of the molecule is CC(CCC(=O)O)C1CCC2C3C(C[C@H](OCCCSCCN)[C@]12C)[C@@]1(C)CC[C@@H](OCCCSCCN)CC1C[C@H]3OCCCSCCN. The number of hydrogen-bond donors (Lipinski definition) is 4. The maximum absolute atomic E-state index is 11.6. The molecule has 4 saturated carbocycles. The van der Waals surface area contributed by atoms with Crippen LogP contribution in [-0.4, -0.2) is 103 Å². The quantitative estimate of drug-likeness (QED) is 0.0733. The Morgan fingerprint density at radius 3 is 1.98 bits per heavy atom. The lowest BCUT2D eigenvalue weighted by Crippen LogP contribution is -2.63. The molecule has 11 heteroatoms. The van der Waals surface area contributed by atoms with Gasteiger partial charge in [0.2, 0.25) is 0 Å². The average molecular weight is 760 g/mol. The van der Waals surface area contributed by atoms with Crippen molar-refractivity contribution in [3.63, 3.8) is 0 Å². The summed E-state index contributed by atoms with van der Waals surface area (Å²) in [6.07, 6.45) is 13.1. The zero-order valence-electron chi connectivity index (χ0n) is 31.7. The molecule has 0 aromatic carbocycles. The third-order valence-electron chi connectivity index (χ3n) is 13.3. The lowest BCUT2D eigenvalue weighted by Gasteiger charge is -2.65. The number of hydrogen-bond acceptors (Lipinski definition) is 10. The van der Waals surface area contributed by atoms with Gasteiger partial charge in [0.05, 0.1) is 18.3 Å². The first-order valence-electron chi connectivity index (χ1n) is 20.1. The molecular formula is C39H73N3O5S3. The van der Waals surface area contributed by atoms with E-state index >= 15 is 0 Å². The van der Waals surface area contributed by atoms with Gasteiger partial charge in [-0.25, -0.2) is 0 Å². The molecule has 0 aromatic rings. The Hall–Kier alpha value is 0.280. The van der Waals surface area contributed by atoms with E-state index in [9.17, 15) is 9.90 Å². The van der Waals surface area contributed by atoms with Crippen LogP contribution >= 0.6 is 35.3 Å². The fourth-order valence-electron chi connectivity index (χ4n) is 10.9. The van der Waals surface area contributed by atoms with Crippen molar-refractivity contribution < 1.29 is 24.1 Å². The van der Waals surface area contributed by atoms with Crippen molar-refractivity contribution in [2.75, 3.05) is 74.0 Å². The Balaban J connectivity index is 1.55. The fraction of sp³-hybridized carbons (Fsp3) is 0.974. The van der Waals surface area contributed by atoms with Gasteiger partial charge in [-0.1, -0.05) is 20.8 Å². The predicted molar refractivity (Wildman–Crippen MR) is 214 cm³/mol. The van der Waals surface area contributed by atoms with E-state index < -0.39 is 5.97 Å². The van der Waals surface area contributed by atoms with Crippen molar-refractivity contribution in [1.29, 1.82) is 0 Å². The zero-order chi connectivity index (χ0) is 36.0. The molecule has 0 amide bonds. The van der Waals surface area contributed by atoms with Crippen LogP contribution in [0.3, 0.4) is 0 Å². The van der Waals surface area contributed by atoms with E-state index in [0.29, 0.717) is 41.6 Å². The van der Waals surface area contributed by atoms with E-state index in [-0.39, 0.29) is 29.5 Å². The second kappa shape index (κ2) is 22.0. The van der Waals surface area contributed by atoms with Gasteiger partial charge < -0.3 is 36.5 Å². The van der Waals surface area contributed by atoms with Crippen molar-refractivity contribution >= 4 is 41.3 Å². The van der Waals surface area contributed by atoms with Gasteiger partial charge in [-0.3, -0.25) is 4.79 Å². The van der Waals surface area contributed by atoms with Gasteiger partial charge in [0.15, 0.2) is 0 Å². The Kier molecular flexibility index (Phi) is 18.9. The van der Waals surface area contributed by atoms with Gasteiger partial charge in [-0.05, 0) is 129 Å². The molecule has 0 radical (unpaired) electrons. The third kappa shape index (κ3) is 11.2. The van der Waals surface area contributed by atoms with Crippen molar-refractivity contribution in [2.24, 2.45) is 63.5 Å². The number of fused-ring (bicyclic) bond motifs is 5. The summed E-state index contributed by atoms with van der Waals surface area (Å²) in [6, 6.07) is 0. The lowest BCUT2D eigenvalue weighted by atomic mass is 9.43. The Morgan fingerprint density at radius 2 is 1.38 bits per heavy atom. The zero-order valence-corrected chi connectivity index (χ0v) is 34.2. The van der Waals surface area contributed by atoms with E-state index in [1.807, 2.05) is 35.3 Å². The van der Waals surface area contributed by atoms with Gasteiger partial charge >= 0.3 is 5.97 Å². The van der Waals surface area contributed by atoms with Gasteiger partial charge in [0.25, 0.3) is 0 Å². The van der Waals surface area contributed by atoms with E-state index in [1.54, 1.807) is 0 Å². The molecule has 50 heavy (non-hydrogen) atoms. The molecule has 4 rings (SSSR count). The second-order valence-electron chi connectivity index (χ2n) is 16.2. The average Bonchev–Trinajstić information content (AvgIpc) is 3.46. The molecular weight excluding hydrogens is 687 g/mol. The summed E-state index contributed by atoms with van der Waals surface area (Å²) in [6.45, 7) is 12.1. The van der Waals surface area contributed by atoms with Crippen LogP contribution in [0.1, 0.15) is 97.8 Å². The number of nitrogens with two attached hydrogens (primary N) is 3. The smallest absolute Gasteiger partial charge is 0.303 e. The summed E-state index contributed by atoms with van der Waals surface area (Å²) in [7, 11) is 0. The second-order valence-corrected chi connectivity index (χ2v) is 19.9. The lowest BCUT2D eigenvalue weighted by molar-refractivity contribution is -0.227. The van der Waals surface area contributed by atoms with Crippen molar-refractivity contribution in [3.8, 4) is 0 Å². The number of aliphatic carboxylic acids is 1. The van der Waals surface area contributed by atoms with E-state index in [0.717, 1.165) is 125 Å². The van der Waals surface area contributed by atoms with E-state index in [1.165, 1.54) is 19.3 Å². The number of rotatable bonds is 25. The number of thioether (sulfide) groups is 3. The summed E-state index contributed by atoms with van der Waals surface area (Å²) in [4.78, 5) is 11.6. The van der Waals surface area contributed by atoms with Crippen molar-refractivity contribution in [2.45, 2.75) is 116 Å². The Labute approximate surface area is 317 Å². The molecule has 0 spiro atoms. The summed E-state index contributed by atoms with van der Waals surface area (Å²) in [5.74, 6) is 8.70. The molecule has 0 saturated heterocycles. The highest BCUT2D eigenvalue weighted by molar-refractivity contribution is 7.99. The number of carbonyl (C=O) groups is 1. The fourth-order valence-corrected chi connectivity index (χ4v) is 13.0. The number of carboxylic acid groups (broad SMARTS) is 1. The van der Waals surface area contributed by atoms with Gasteiger partial charge in [0.1, 0.15) is 0 Å².